The van der Waals surface area contributed by atoms with Crippen LogP contribution in [0.2, 0.25) is 0 Å². The molecule has 3 N–H and O–H groups in total. The van der Waals surface area contributed by atoms with Crippen LogP contribution in [-0.2, 0) is 21.4 Å². The fraction of sp³-hybridized carbons (Fsp3) is 0.125. The molecule has 11 nitrogen and oxygen atoms in total. The zero-order chi connectivity index (χ0) is 25.9. The van der Waals surface area contributed by atoms with E-state index >= 15 is 0 Å². The number of H-pyrrole nitrogens is 1. The van der Waals surface area contributed by atoms with E-state index < -0.39 is 20.9 Å². The number of carbonyl (C=O) groups is 1. The molecule has 1 heterocycles. The SMILES string of the molecule is COCc1cccc(Nc2ccc([N+](=O)[O-])c3[nH]c(C(=O)NS(=O)(=O)c4ccc(OC)cc4)cc23)c1. The summed E-state index contributed by atoms with van der Waals surface area (Å²) in [6, 6.07) is 17.1. The van der Waals surface area contributed by atoms with Crippen LogP contribution in [0, 0.1) is 10.1 Å². The second-order valence-electron chi connectivity index (χ2n) is 7.73. The van der Waals surface area contributed by atoms with E-state index in [2.05, 4.69) is 10.3 Å². The highest BCUT2D eigenvalue weighted by atomic mass is 32.2. The molecular formula is C24H22N4O7S. The maximum Gasteiger partial charge on any atom is 0.293 e. The summed E-state index contributed by atoms with van der Waals surface area (Å²) in [7, 11) is -1.17. The average molecular weight is 511 g/mol. The standard InChI is InChI=1S/C24H22N4O7S/c1-34-14-15-4-3-5-16(12-15)25-20-10-11-22(28(30)31)23-19(20)13-21(26-23)24(29)27-36(32,33)18-8-6-17(35-2)7-9-18/h3-13,25-26H,14H2,1-2H3,(H,27,29). The molecule has 0 bridgehead atoms. The van der Waals surface area contributed by atoms with Gasteiger partial charge in [-0.1, -0.05) is 12.1 Å². The summed E-state index contributed by atoms with van der Waals surface area (Å²) in [5, 5.41) is 15.1. The first kappa shape index (κ1) is 24.7. The molecule has 1 amide bonds. The molecular weight excluding hydrogens is 488 g/mol. The van der Waals surface area contributed by atoms with Gasteiger partial charge in [-0.2, -0.15) is 0 Å². The second kappa shape index (κ2) is 10.1. The lowest BCUT2D eigenvalue weighted by molar-refractivity contribution is -0.383. The highest BCUT2D eigenvalue weighted by Gasteiger charge is 2.23. The summed E-state index contributed by atoms with van der Waals surface area (Å²) in [5.41, 5.74) is 1.75. The lowest BCUT2D eigenvalue weighted by atomic mass is 10.1. The Bertz CT molecular complexity index is 1550. The maximum atomic E-state index is 12.8. The topological polar surface area (TPSA) is 153 Å². The molecule has 36 heavy (non-hydrogen) atoms. The summed E-state index contributed by atoms with van der Waals surface area (Å²) >= 11 is 0. The molecule has 0 aliphatic rings. The van der Waals surface area contributed by atoms with Crippen LogP contribution in [0.1, 0.15) is 16.1 Å². The van der Waals surface area contributed by atoms with Crippen LogP contribution in [0.5, 0.6) is 5.75 Å². The van der Waals surface area contributed by atoms with Crippen LogP contribution >= 0.6 is 0 Å². The van der Waals surface area contributed by atoms with Gasteiger partial charge in [-0.3, -0.25) is 14.9 Å². The van der Waals surface area contributed by atoms with E-state index in [9.17, 15) is 23.3 Å². The fourth-order valence-electron chi connectivity index (χ4n) is 3.64. The van der Waals surface area contributed by atoms with E-state index in [1.165, 1.54) is 49.6 Å². The Morgan fingerprint density at radius 3 is 2.47 bits per heavy atom. The van der Waals surface area contributed by atoms with E-state index in [1.807, 2.05) is 29.0 Å². The van der Waals surface area contributed by atoms with Gasteiger partial charge in [0.05, 0.1) is 23.5 Å². The zero-order valence-electron chi connectivity index (χ0n) is 19.3. The van der Waals surface area contributed by atoms with Crippen LogP contribution < -0.4 is 14.8 Å². The number of hydrogen-bond acceptors (Lipinski definition) is 8. The van der Waals surface area contributed by atoms with Gasteiger partial charge in [0.15, 0.2) is 0 Å². The quantitative estimate of drug-likeness (QED) is 0.225. The van der Waals surface area contributed by atoms with Crippen molar-refractivity contribution in [3.63, 3.8) is 0 Å². The molecule has 0 aliphatic heterocycles. The molecule has 4 aromatic rings. The van der Waals surface area contributed by atoms with Crippen molar-refractivity contribution >= 4 is 43.9 Å². The minimum Gasteiger partial charge on any atom is -0.497 e. The molecule has 0 atom stereocenters. The molecule has 0 radical (unpaired) electrons. The summed E-state index contributed by atoms with van der Waals surface area (Å²) in [5.74, 6) is -0.514. The first-order valence-corrected chi connectivity index (χ1v) is 12.1. The van der Waals surface area contributed by atoms with Gasteiger partial charge in [-0.05, 0) is 54.1 Å². The molecule has 12 heteroatoms. The van der Waals surface area contributed by atoms with E-state index in [4.69, 9.17) is 9.47 Å². The number of nitro groups is 1. The number of nitro benzene ring substituents is 1. The number of nitrogens with zero attached hydrogens (tertiary/aromatic N) is 1. The number of methoxy groups -OCH3 is 2. The molecule has 0 unspecified atom stereocenters. The van der Waals surface area contributed by atoms with Crippen molar-refractivity contribution in [3.8, 4) is 5.75 Å². The third kappa shape index (κ3) is 5.14. The van der Waals surface area contributed by atoms with Crippen molar-refractivity contribution in [2.45, 2.75) is 11.5 Å². The normalized spacial score (nSPS) is 11.3. The zero-order valence-corrected chi connectivity index (χ0v) is 20.1. The van der Waals surface area contributed by atoms with Gasteiger partial charge in [0.25, 0.3) is 21.6 Å². The van der Waals surface area contributed by atoms with Crippen LogP contribution in [0.4, 0.5) is 17.1 Å². The Morgan fingerprint density at radius 2 is 1.81 bits per heavy atom. The number of anilines is 2. The number of rotatable bonds is 9. The van der Waals surface area contributed by atoms with Crippen LogP contribution in [0.25, 0.3) is 10.9 Å². The van der Waals surface area contributed by atoms with Crippen molar-refractivity contribution in [2.24, 2.45) is 0 Å². The smallest absolute Gasteiger partial charge is 0.293 e. The first-order valence-electron chi connectivity index (χ1n) is 10.6. The Kier molecular flexibility index (Phi) is 6.90. The number of hydrogen-bond donors (Lipinski definition) is 3. The molecule has 0 spiro atoms. The number of amides is 1. The molecule has 0 saturated carbocycles. The van der Waals surface area contributed by atoms with Crippen molar-refractivity contribution in [3.05, 3.63) is 88.1 Å². The average Bonchev–Trinajstić information content (AvgIpc) is 3.30. The first-order chi connectivity index (χ1) is 17.2. The van der Waals surface area contributed by atoms with Crippen molar-refractivity contribution in [1.29, 1.82) is 0 Å². The van der Waals surface area contributed by atoms with E-state index in [1.54, 1.807) is 7.11 Å². The lowest BCUT2D eigenvalue weighted by Gasteiger charge is -2.09. The van der Waals surface area contributed by atoms with Crippen LogP contribution in [0.15, 0.2) is 71.6 Å². The predicted molar refractivity (Wildman–Crippen MR) is 133 cm³/mol. The summed E-state index contributed by atoms with van der Waals surface area (Å²) in [4.78, 5) is 26.4. The van der Waals surface area contributed by atoms with Crippen LogP contribution in [0.3, 0.4) is 0 Å². The largest absolute Gasteiger partial charge is 0.497 e. The Labute approximate surface area is 206 Å². The number of non-ortho nitro benzene ring substituents is 1. The van der Waals surface area contributed by atoms with E-state index in [0.29, 0.717) is 29.1 Å². The molecule has 0 aliphatic carbocycles. The summed E-state index contributed by atoms with van der Waals surface area (Å²) in [6.45, 7) is 0.405. The Hall–Kier alpha value is -4.42. The summed E-state index contributed by atoms with van der Waals surface area (Å²) in [6.07, 6.45) is 0. The number of ether oxygens (including phenoxy) is 2. The minimum atomic E-state index is -4.20. The highest BCUT2D eigenvalue weighted by Crippen LogP contribution is 2.34. The lowest BCUT2D eigenvalue weighted by Crippen LogP contribution is -2.30. The third-order valence-corrected chi connectivity index (χ3v) is 6.67. The summed E-state index contributed by atoms with van der Waals surface area (Å²) < 4.78 is 37.5. The van der Waals surface area contributed by atoms with Gasteiger partial charge in [-0.15, -0.1) is 0 Å². The number of aromatic amines is 1. The maximum absolute atomic E-state index is 12.8. The van der Waals surface area contributed by atoms with Crippen molar-refractivity contribution in [2.75, 3.05) is 19.5 Å². The number of sulfonamides is 1. The van der Waals surface area contributed by atoms with Crippen molar-refractivity contribution in [1.82, 2.24) is 9.71 Å². The number of aromatic nitrogens is 1. The Balaban J connectivity index is 1.68. The monoisotopic (exact) mass is 510 g/mol. The van der Waals surface area contributed by atoms with Gasteiger partial charge < -0.3 is 19.8 Å². The number of nitrogens with one attached hydrogen (secondary N) is 3. The molecule has 186 valence electrons. The fourth-order valence-corrected chi connectivity index (χ4v) is 4.61. The van der Waals surface area contributed by atoms with Crippen molar-refractivity contribution < 1.29 is 27.6 Å². The highest BCUT2D eigenvalue weighted by molar-refractivity contribution is 7.90. The van der Waals surface area contributed by atoms with Gasteiger partial charge in [0.2, 0.25) is 0 Å². The van der Waals surface area contributed by atoms with Gasteiger partial charge in [0.1, 0.15) is 17.0 Å². The predicted octanol–water partition coefficient (Wildman–Crippen LogP) is 4.09. The molecule has 3 aromatic carbocycles. The molecule has 0 fully saturated rings. The molecule has 0 saturated heterocycles. The van der Waals surface area contributed by atoms with Gasteiger partial charge in [-0.25, -0.2) is 13.1 Å². The number of carbonyl (C=O) groups excluding carboxylic acids is 1. The van der Waals surface area contributed by atoms with Gasteiger partial charge in [0, 0.05) is 29.9 Å². The van der Waals surface area contributed by atoms with E-state index in [-0.39, 0.29) is 21.8 Å². The van der Waals surface area contributed by atoms with Crippen LogP contribution in [-0.4, -0.2) is 38.5 Å². The number of benzene rings is 3. The molecule has 1 aromatic heterocycles. The second-order valence-corrected chi connectivity index (χ2v) is 9.41. The third-order valence-electron chi connectivity index (χ3n) is 5.33. The Morgan fingerprint density at radius 1 is 1.06 bits per heavy atom. The molecule has 4 rings (SSSR count). The van der Waals surface area contributed by atoms with E-state index in [0.717, 1.165) is 5.56 Å². The van der Waals surface area contributed by atoms with Gasteiger partial charge >= 0.3 is 0 Å². The number of fused-ring (bicyclic) bond motifs is 1. The minimum absolute atomic E-state index is 0.0741.